The molecule has 2 aromatic carbocycles. The predicted octanol–water partition coefficient (Wildman–Crippen LogP) is 4.02. The number of benzene rings is 2. The van der Waals surface area contributed by atoms with E-state index >= 15 is 0 Å². The van der Waals surface area contributed by atoms with Crippen LogP contribution in [0.4, 0.5) is 0 Å². The van der Waals surface area contributed by atoms with Gasteiger partial charge in [0.15, 0.2) is 5.78 Å². The van der Waals surface area contributed by atoms with Crippen LogP contribution in [0.1, 0.15) is 40.1 Å². The number of nitrogens with zero attached hydrogens (tertiary/aromatic N) is 1. The van der Waals surface area contributed by atoms with Crippen molar-refractivity contribution < 1.29 is 19.1 Å². The fourth-order valence-corrected chi connectivity index (χ4v) is 3.43. The van der Waals surface area contributed by atoms with E-state index < -0.39 is 5.97 Å². The molecule has 1 aliphatic rings. The maximum absolute atomic E-state index is 12.9. The summed E-state index contributed by atoms with van der Waals surface area (Å²) in [6.45, 7) is 4.19. The van der Waals surface area contributed by atoms with Gasteiger partial charge in [-0.15, -0.1) is 0 Å². The topological polar surface area (TPSA) is 65.5 Å². The number of pyridine rings is 1. The van der Waals surface area contributed by atoms with E-state index in [1.54, 1.807) is 25.1 Å². The zero-order valence-electron chi connectivity index (χ0n) is 14.5. The number of esters is 1. The first-order valence-corrected chi connectivity index (χ1v) is 8.58. The molecule has 0 N–H and O–H groups in total. The van der Waals surface area contributed by atoms with Gasteiger partial charge in [0, 0.05) is 22.1 Å². The summed E-state index contributed by atoms with van der Waals surface area (Å²) in [5.41, 5.74) is 3.35. The number of ether oxygens (including phenoxy) is 2. The fourth-order valence-electron chi connectivity index (χ4n) is 3.43. The first kappa shape index (κ1) is 16.3. The van der Waals surface area contributed by atoms with E-state index in [0.29, 0.717) is 39.8 Å². The lowest BCUT2D eigenvalue weighted by atomic mass is 9.82. The Morgan fingerprint density at radius 1 is 0.962 bits per heavy atom. The molecule has 0 saturated carbocycles. The SMILES string of the molecule is CCOC(=O)c1c(OCC)nc2cccc3c2c1-c1ccccc1C3=O. The Morgan fingerprint density at radius 2 is 1.69 bits per heavy atom. The van der Waals surface area contributed by atoms with E-state index in [9.17, 15) is 9.59 Å². The molecular weight excluding hydrogens is 330 g/mol. The molecule has 0 amide bonds. The molecule has 5 nitrogen and oxygen atoms in total. The van der Waals surface area contributed by atoms with Crippen LogP contribution in [0.3, 0.4) is 0 Å². The van der Waals surface area contributed by atoms with Crippen molar-refractivity contribution in [1.82, 2.24) is 4.98 Å². The highest BCUT2D eigenvalue weighted by atomic mass is 16.5. The van der Waals surface area contributed by atoms with E-state index in [0.717, 1.165) is 0 Å². The molecule has 1 heterocycles. The molecule has 4 rings (SSSR count). The van der Waals surface area contributed by atoms with Gasteiger partial charge in [0.1, 0.15) is 5.56 Å². The summed E-state index contributed by atoms with van der Waals surface area (Å²) >= 11 is 0. The van der Waals surface area contributed by atoms with Crippen molar-refractivity contribution in [3.63, 3.8) is 0 Å². The average molecular weight is 347 g/mol. The predicted molar refractivity (Wildman–Crippen MR) is 97.7 cm³/mol. The van der Waals surface area contributed by atoms with Crippen LogP contribution in [0.5, 0.6) is 5.88 Å². The molecule has 0 fully saturated rings. The number of carbonyl (C=O) groups excluding carboxylic acids is 2. The monoisotopic (exact) mass is 347 g/mol. The number of hydrogen-bond donors (Lipinski definition) is 0. The molecule has 0 radical (unpaired) electrons. The number of ketones is 1. The summed E-state index contributed by atoms with van der Waals surface area (Å²) in [7, 11) is 0. The van der Waals surface area contributed by atoms with Gasteiger partial charge in [-0.2, -0.15) is 0 Å². The van der Waals surface area contributed by atoms with E-state index in [4.69, 9.17) is 9.47 Å². The van der Waals surface area contributed by atoms with Gasteiger partial charge in [-0.3, -0.25) is 4.79 Å². The molecule has 0 atom stereocenters. The summed E-state index contributed by atoms with van der Waals surface area (Å²) in [4.78, 5) is 30.2. The van der Waals surface area contributed by atoms with Gasteiger partial charge in [-0.05, 0) is 25.5 Å². The third-order valence-corrected chi connectivity index (χ3v) is 4.42. The molecule has 0 unspecified atom stereocenters. The van der Waals surface area contributed by atoms with E-state index in [1.807, 2.05) is 31.2 Å². The maximum atomic E-state index is 12.9. The highest BCUT2D eigenvalue weighted by Crippen LogP contribution is 2.43. The molecule has 130 valence electrons. The van der Waals surface area contributed by atoms with Crippen molar-refractivity contribution in [2.45, 2.75) is 13.8 Å². The molecule has 1 aromatic heterocycles. The van der Waals surface area contributed by atoms with Gasteiger partial charge >= 0.3 is 5.97 Å². The molecule has 0 saturated heterocycles. The smallest absolute Gasteiger partial charge is 0.344 e. The van der Waals surface area contributed by atoms with Crippen molar-refractivity contribution >= 4 is 22.7 Å². The summed E-state index contributed by atoms with van der Waals surface area (Å²) < 4.78 is 10.9. The Morgan fingerprint density at radius 3 is 2.42 bits per heavy atom. The molecule has 26 heavy (non-hydrogen) atoms. The Bertz CT molecular complexity index is 1060. The lowest BCUT2D eigenvalue weighted by Gasteiger charge is -2.23. The number of rotatable bonds is 4. The first-order valence-electron chi connectivity index (χ1n) is 8.58. The molecule has 0 aliphatic heterocycles. The van der Waals surface area contributed by atoms with Gasteiger partial charge in [0.2, 0.25) is 5.88 Å². The van der Waals surface area contributed by atoms with Crippen molar-refractivity contribution in [1.29, 1.82) is 0 Å². The van der Waals surface area contributed by atoms with Gasteiger partial charge in [-0.1, -0.05) is 36.4 Å². The Hall–Kier alpha value is -3.21. The van der Waals surface area contributed by atoms with Crippen LogP contribution >= 0.6 is 0 Å². The molecule has 5 heteroatoms. The Labute approximate surface area is 150 Å². The minimum Gasteiger partial charge on any atom is -0.477 e. The first-order chi connectivity index (χ1) is 12.7. The van der Waals surface area contributed by atoms with Crippen LogP contribution in [0, 0.1) is 0 Å². The van der Waals surface area contributed by atoms with E-state index in [-0.39, 0.29) is 23.8 Å². The largest absolute Gasteiger partial charge is 0.477 e. The highest BCUT2D eigenvalue weighted by Gasteiger charge is 2.32. The number of hydrogen-bond acceptors (Lipinski definition) is 5. The summed E-state index contributed by atoms with van der Waals surface area (Å²) in [6.07, 6.45) is 0. The summed E-state index contributed by atoms with van der Waals surface area (Å²) in [5, 5.41) is 0.669. The lowest BCUT2D eigenvalue weighted by Crippen LogP contribution is -2.17. The molecule has 3 aromatic rings. The van der Waals surface area contributed by atoms with E-state index in [2.05, 4.69) is 4.98 Å². The van der Waals surface area contributed by atoms with Gasteiger partial charge in [0.05, 0.1) is 18.7 Å². The zero-order chi connectivity index (χ0) is 18.3. The molecule has 0 bridgehead atoms. The maximum Gasteiger partial charge on any atom is 0.344 e. The standard InChI is InChI=1S/C21H17NO4/c1-3-25-20-18(21(24)26-4-2)17-12-8-5-6-9-13(12)19(23)14-10-7-11-15(22-20)16(14)17/h5-11H,3-4H2,1-2H3. The number of fused-ring (bicyclic) bond motifs is 2. The quantitative estimate of drug-likeness (QED) is 0.522. The van der Waals surface area contributed by atoms with E-state index in [1.165, 1.54) is 0 Å². The number of aromatic nitrogens is 1. The lowest BCUT2D eigenvalue weighted by molar-refractivity contribution is 0.0522. The van der Waals surface area contributed by atoms with Crippen LogP contribution in [-0.2, 0) is 4.74 Å². The van der Waals surface area contributed by atoms with Crippen LogP contribution in [0.15, 0.2) is 42.5 Å². The molecule has 0 spiro atoms. The zero-order valence-corrected chi connectivity index (χ0v) is 14.5. The molecular formula is C21H17NO4. The second kappa shape index (κ2) is 6.26. The van der Waals surface area contributed by atoms with Crippen molar-refractivity contribution in [2.75, 3.05) is 13.2 Å². The molecule has 1 aliphatic carbocycles. The fraction of sp³-hybridized carbons (Fsp3) is 0.190. The van der Waals surface area contributed by atoms with Crippen LogP contribution in [0.2, 0.25) is 0 Å². The number of carbonyl (C=O) groups is 2. The van der Waals surface area contributed by atoms with Crippen LogP contribution < -0.4 is 4.74 Å². The van der Waals surface area contributed by atoms with Crippen LogP contribution in [-0.4, -0.2) is 30.0 Å². The highest BCUT2D eigenvalue weighted by molar-refractivity contribution is 6.27. The van der Waals surface area contributed by atoms with Crippen molar-refractivity contribution in [2.24, 2.45) is 0 Å². The summed E-state index contributed by atoms with van der Waals surface area (Å²) in [6, 6.07) is 12.7. The second-order valence-electron chi connectivity index (χ2n) is 5.89. The second-order valence-corrected chi connectivity index (χ2v) is 5.89. The van der Waals surface area contributed by atoms with Gasteiger partial charge in [0.25, 0.3) is 0 Å². The Balaban J connectivity index is 2.19. The average Bonchev–Trinajstić information content (AvgIpc) is 2.65. The normalized spacial score (nSPS) is 12.0. The van der Waals surface area contributed by atoms with Crippen molar-refractivity contribution in [3.8, 4) is 17.0 Å². The third kappa shape index (κ3) is 2.28. The van der Waals surface area contributed by atoms with Crippen molar-refractivity contribution in [3.05, 3.63) is 59.2 Å². The Kier molecular flexibility index (Phi) is 3.92. The minimum atomic E-state index is -0.501. The van der Waals surface area contributed by atoms with Gasteiger partial charge in [-0.25, -0.2) is 9.78 Å². The summed E-state index contributed by atoms with van der Waals surface area (Å²) in [5.74, 6) is -0.339. The van der Waals surface area contributed by atoms with Gasteiger partial charge < -0.3 is 9.47 Å². The minimum absolute atomic E-state index is 0.0699. The third-order valence-electron chi connectivity index (χ3n) is 4.42. The van der Waals surface area contributed by atoms with Crippen LogP contribution in [0.25, 0.3) is 22.0 Å².